The van der Waals surface area contributed by atoms with Crippen LogP contribution >= 0.6 is 0 Å². The van der Waals surface area contributed by atoms with Crippen molar-refractivity contribution in [2.24, 2.45) is 34.5 Å². The van der Waals surface area contributed by atoms with Crippen LogP contribution in [0.15, 0.2) is 146 Å². The molecule has 0 amide bonds. The molecule has 0 unspecified atom stereocenters. The van der Waals surface area contributed by atoms with E-state index in [1.165, 1.54) is 29.2 Å². The summed E-state index contributed by atoms with van der Waals surface area (Å²) in [6.07, 6.45) is 0.256. The summed E-state index contributed by atoms with van der Waals surface area (Å²) in [5, 5.41) is 23.6. The average molecular weight is 2080 g/mol. The third-order valence-electron chi connectivity index (χ3n) is 31.6. The summed E-state index contributed by atoms with van der Waals surface area (Å²) in [4.78, 5) is 53.0. The van der Waals surface area contributed by atoms with Gasteiger partial charge in [0.05, 0.1) is 54.6 Å². The Balaban J connectivity index is 0.000000135. The van der Waals surface area contributed by atoms with Gasteiger partial charge in [-0.05, 0) is 145 Å². The van der Waals surface area contributed by atoms with Gasteiger partial charge in [-0.15, -0.1) is 0 Å². The summed E-state index contributed by atoms with van der Waals surface area (Å²) in [6, 6.07) is 35.6. The molecule has 4 aromatic heterocycles. The minimum atomic E-state index is -4.38. The molecule has 20 nitrogen and oxygen atoms in total. The first-order chi connectivity index (χ1) is 71.0. The molecule has 0 spiro atoms. The van der Waals surface area contributed by atoms with Crippen LogP contribution in [0, 0.1) is 81.0 Å². The van der Waals surface area contributed by atoms with Gasteiger partial charge in [0.2, 0.25) is 0 Å². The highest BCUT2D eigenvalue weighted by Gasteiger charge is 2.49. The second kappa shape index (κ2) is 45.3. The Labute approximate surface area is 860 Å². The number of nitrogens with one attached hydrogen (secondary N) is 4. The lowest BCUT2D eigenvalue weighted by Crippen LogP contribution is -2.49. The third kappa shape index (κ3) is 24.0. The highest BCUT2D eigenvalue weighted by molar-refractivity contribution is 5.89. The number of benzene rings is 8. The molecule has 4 fully saturated rings. The van der Waals surface area contributed by atoms with Crippen molar-refractivity contribution in [2.75, 3.05) is 138 Å². The van der Waals surface area contributed by atoms with Gasteiger partial charge in [0.1, 0.15) is 96.0 Å². The van der Waals surface area contributed by atoms with Gasteiger partial charge in [0.15, 0.2) is 0 Å². The van der Waals surface area contributed by atoms with Crippen LogP contribution in [0.25, 0.3) is 43.6 Å². The molecule has 8 aliphatic rings. The van der Waals surface area contributed by atoms with Crippen LogP contribution in [0.5, 0.6) is 23.0 Å². The van der Waals surface area contributed by atoms with Crippen LogP contribution in [0.1, 0.15) is 200 Å². The monoisotopic (exact) mass is 2080 g/mol. The van der Waals surface area contributed by atoms with Crippen LogP contribution in [0.4, 0.5) is 61.5 Å². The molecule has 0 aliphatic carbocycles. The van der Waals surface area contributed by atoms with Gasteiger partial charge < -0.3 is 49.1 Å². The Morgan fingerprint density at radius 2 is 0.570 bits per heavy atom. The zero-order valence-electron chi connectivity index (χ0n) is 86.5. The van der Waals surface area contributed by atoms with E-state index in [9.17, 15) is 46.1 Å². The van der Waals surface area contributed by atoms with E-state index in [-0.39, 0.29) is 108 Å². The molecule has 0 radical (unpaired) electrons. The van der Waals surface area contributed by atoms with Crippen molar-refractivity contribution in [3.63, 3.8) is 0 Å². The van der Waals surface area contributed by atoms with E-state index < -0.39 is 119 Å². The Morgan fingerprint density at radius 3 is 0.799 bits per heavy atom. The van der Waals surface area contributed by atoms with Crippen LogP contribution in [-0.4, -0.2) is 255 Å². The molecule has 149 heavy (non-hydrogen) atoms. The van der Waals surface area contributed by atoms with E-state index in [0.717, 1.165) is 181 Å². The molecule has 8 atom stereocenters. The number of ether oxygens (including phenoxy) is 4. The van der Waals surface area contributed by atoms with E-state index in [1.54, 1.807) is 46.4 Å². The van der Waals surface area contributed by atoms with Crippen LogP contribution < -0.4 is 18.9 Å². The first kappa shape index (κ1) is 109. The van der Waals surface area contributed by atoms with Crippen molar-refractivity contribution in [3.05, 3.63) is 259 Å². The molecule has 12 aromatic rings. The van der Waals surface area contributed by atoms with Crippen molar-refractivity contribution in [1.82, 2.24) is 59.1 Å². The first-order valence-electron chi connectivity index (χ1n) is 52.2. The Kier molecular flexibility index (Phi) is 33.2. The number of aliphatic carboxylic acids is 2. The second-order valence-electron chi connectivity index (χ2n) is 43.6. The van der Waals surface area contributed by atoms with Gasteiger partial charge in [0.25, 0.3) is 5.92 Å². The Hall–Kier alpha value is -11.2. The van der Waals surface area contributed by atoms with Crippen molar-refractivity contribution < 1.29 is 100 Å². The number of halogens is 14. The van der Waals surface area contributed by atoms with Gasteiger partial charge >= 0.3 is 18.1 Å². The van der Waals surface area contributed by atoms with Gasteiger partial charge in [-0.1, -0.05) is 113 Å². The molecule has 8 aromatic carbocycles. The maximum Gasteiger partial charge on any atom is 0.390 e. The maximum absolute atomic E-state index is 15.8. The van der Waals surface area contributed by atoms with Gasteiger partial charge in [-0.25, -0.2) is 43.9 Å². The molecular formula is C115H136F14N12O8. The van der Waals surface area contributed by atoms with E-state index in [2.05, 4.69) is 55.4 Å². The van der Waals surface area contributed by atoms with E-state index in [0.29, 0.717) is 100 Å². The molecule has 0 bridgehead atoms. The van der Waals surface area contributed by atoms with E-state index >= 15 is 35.1 Å². The number of aromatic nitrogens is 4. The average Bonchev–Trinajstić information content (AvgIpc) is 1.64. The number of carboxylic acid groups (broad SMARTS) is 2. The SMILES string of the molecule is CCC1CN(CCOc2cc(F)c([C@@H]3c4[nH]c5ccccc5c4C[C@@H](C)N3CC(C)(C)C(=O)O)c(F)c2)C1.CCC1CN(CCOc2cc(F)c([C@H]3c4[nH]c5ccccc5c4C[C@@H](C)N3CC(C)(C)C(=O)O)c(F)c2)C1.CCC1CN(CCOc2cc(F)c([C@H]3c4[nH]c5ccccc5c4C[C@@H](C)N3CCC(F)(F)F)c(F)c2)C1.C[C@@H]1Cc2c([nH]c3ccccc23)[C@@H](c2c(F)cc(OCCN3CC(CF)C3)cc2F)N1CC(C)(F)F. The largest absolute Gasteiger partial charge is 0.492 e. The minimum Gasteiger partial charge on any atom is -0.492 e. The normalized spacial score (nSPS) is 21.1. The summed E-state index contributed by atoms with van der Waals surface area (Å²) in [7, 11) is 0. The number of para-hydroxylation sites is 4. The number of nitrogens with zero attached hydrogens (tertiary/aromatic N) is 8. The summed E-state index contributed by atoms with van der Waals surface area (Å²) in [6.45, 7) is 31.7. The van der Waals surface area contributed by atoms with Crippen LogP contribution in [0.3, 0.4) is 0 Å². The van der Waals surface area contributed by atoms with E-state index in [1.807, 2.05) is 126 Å². The quantitative estimate of drug-likeness (QED) is 0.0208. The Bertz CT molecular complexity index is 6440. The van der Waals surface area contributed by atoms with Crippen molar-refractivity contribution in [2.45, 2.75) is 195 Å². The molecular weight excluding hydrogens is 1940 g/mol. The lowest BCUT2D eigenvalue weighted by Gasteiger charge is -2.43. The van der Waals surface area contributed by atoms with Gasteiger partial charge in [-0.2, -0.15) is 13.2 Å². The summed E-state index contributed by atoms with van der Waals surface area (Å²) >= 11 is 0. The van der Waals surface area contributed by atoms with Crippen LogP contribution in [0.2, 0.25) is 0 Å². The molecule has 802 valence electrons. The summed E-state index contributed by atoms with van der Waals surface area (Å²) < 4.78 is 229. The number of aromatic amines is 4. The molecule has 6 N–H and O–H groups in total. The van der Waals surface area contributed by atoms with E-state index in [4.69, 9.17) is 18.9 Å². The first-order valence-corrected chi connectivity index (χ1v) is 52.2. The molecule has 20 rings (SSSR count). The molecule has 4 saturated heterocycles. The van der Waals surface area contributed by atoms with Crippen molar-refractivity contribution >= 4 is 55.6 Å². The lowest BCUT2D eigenvalue weighted by molar-refractivity contribution is -0.149. The molecule has 34 heteroatoms. The van der Waals surface area contributed by atoms with Gasteiger partial charge in [-0.3, -0.25) is 53.2 Å². The molecule has 12 heterocycles. The number of fused-ring (bicyclic) bond motifs is 12. The number of hydrogen-bond donors (Lipinski definition) is 6. The fourth-order valence-electron chi connectivity index (χ4n) is 23.1. The second-order valence-corrected chi connectivity index (χ2v) is 43.6. The summed E-state index contributed by atoms with van der Waals surface area (Å²) in [5.74, 6) is -8.47. The maximum atomic E-state index is 15.8. The minimum absolute atomic E-state index is 0.0319. The predicted molar refractivity (Wildman–Crippen MR) is 548 cm³/mol. The number of alkyl halides is 6. The number of carbonyl (C=O) groups is 2. The molecule has 8 aliphatic heterocycles. The number of rotatable bonds is 34. The number of likely N-dealkylation sites (tertiary alicyclic amines) is 4. The number of carboxylic acids is 2. The highest BCUT2D eigenvalue weighted by atomic mass is 19.4. The number of H-pyrrole nitrogens is 4. The predicted octanol–water partition coefficient (Wildman–Crippen LogP) is 23.4. The zero-order chi connectivity index (χ0) is 106. The zero-order valence-corrected chi connectivity index (χ0v) is 86.5. The van der Waals surface area contributed by atoms with Crippen molar-refractivity contribution in [3.8, 4) is 23.0 Å². The standard InChI is InChI=1S/2C30H37F2N3O3.C28H32F5N3O.C27H30F5N3O/c2*1-5-19-15-34(16-19)10-11-38-20-13-23(31)26(24(32)14-20)28-27-22(21-8-6-7-9-25(21)33-27)12-18(2)35(28)17-30(3,4)29(36)37;1-3-18-15-35(16-18)10-11-37-19-13-22(29)25(23(30)14-19)27-26-21(20-6-4-5-7-24(20)34-26)12-17(2)36(27)9-8-28(31,32)33;1-16-9-20-19-5-3-4-6-23(19)33-25(20)26(35(16)15-27(2,31)32)24-21(29)10-18(11-22(24)30)36-8-7-34-13-17(12-28)14-34/h2*6-9,13-14,18-19,28,33H,5,10-12,15-17H2,1-4H3,(H,36,37);4-7,13-14,17-18,27,34H,3,8-12,15-16H2,1-2H3;3-6,10-11,16-17,26,33H,7-9,12-15H2,1-2H3/t18-,28+;18-,28-;17-,27+;16-,26-/m1111/s1. The number of hydrogen-bond acceptors (Lipinski definition) is 14. The van der Waals surface area contributed by atoms with Crippen molar-refractivity contribution in [1.29, 1.82) is 0 Å². The fourth-order valence-corrected chi connectivity index (χ4v) is 23.1. The van der Waals surface area contributed by atoms with Gasteiger partial charge in [0, 0.05) is 272 Å². The molecule has 0 saturated carbocycles. The van der Waals surface area contributed by atoms with Crippen LogP contribution in [-0.2, 0) is 35.3 Å². The smallest absolute Gasteiger partial charge is 0.390 e. The Morgan fingerprint density at radius 1 is 0.342 bits per heavy atom. The third-order valence-corrected chi connectivity index (χ3v) is 31.6. The topological polar surface area (TPSA) is 201 Å². The highest BCUT2D eigenvalue weighted by Crippen LogP contribution is 2.51. The summed E-state index contributed by atoms with van der Waals surface area (Å²) in [5.41, 5.74) is 6.72. The lowest BCUT2D eigenvalue weighted by atomic mass is 9.84. The fraction of sp³-hybridized carbons (Fsp3) is 0.496.